The van der Waals surface area contributed by atoms with E-state index in [4.69, 9.17) is 15.2 Å². The summed E-state index contributed by atoms with van der Waals surface area (Å²) in [6.45, 7) is 0. The van der Waals surface area contributed by atoms with E-state index in [0.717, 1.165) is 25.7 Å². The SMILES string of the molecule is N[C@@H](CCC(=O)OC1CC1)C(=O)OC1CC1. The molecular weight excluding hydrogens is 210 g/mol. The molecule has 0 unspecified atom stereocenters. The highest BCUT2D eigenvalue weighted by molar-refractivity contribution is 5.77. The minimum atomic E-state index is -0.702. The van der Waals surface area contributed by atoms with Gasteiger partial charge in [0.25, 0.3) is 0 Å². The highest BCUT2D eigenvalue weighted by Gasteiger charge is 2.29. The maximum Gasteiger partial charge on any atom is 0.323 e. The average Bonchev–Trinajstić information content (AvgIpc) is 3.09. The molecule has 0 saturated heterocycles. The number of hydrogen-bond acceptors (Lipinski definition) is 5. The third-order valence-electron chi connectivity index (χ3n) is 2.59. The Balaban J connectivity index is 1.59. The molecule has 16 heavy (non-hydrogen) atoms. The summed E-state index contributed by atoms with van der Waals surface area (Å²) in [5.74, 6) is -0.668. The third kappa shape index (κ3) is 3.81. The summed E-state index contributed by atoms with van der Waals surface area (Å²) in [5.41, 5.74) is 5.61. The van der Waals surface area contributed by atoms with E-state index in [2.05, 4.69) is 0 Å². The highest BCUT2D eigenvalue weighted by Crippen LogP contribution is 2.25. The smallest absolute Gasteiger partial charge is 0.323 e. The molecular formula is C11H17NO4. The van der Waals surface area contributed by atoms with E-state index in [0.29, 0.717) is 6.42 Å². The fraction of sp³-hybridized carbons (Fsp3) is 0.818. The summed E-state index contributed by atoms with van der Waals surface area (Å²) in [6, 6.07) is -0.702. The topological polar surface area (TPSA) is 78.6 Å². The van der Waals surface area contributed by atoms with Gasteiger partial charge in [-0.2, -0.15) is 0 Å². The molecule has 5 nitrogen and oxygen atoms in total. The van der Waals surface area contributed by atoms with Crippen molar-refractivity contribution < 1.29 is 19.1 Å². The van der Waals surface area contributed by atoms with E-state index >= 15 is 0 Å². The number of carbonyl (C=O) groups is 2. The molecule has 0 radical (unpaired) electrons. The van der Waals surface area contributed by atoms with Crippen LogP contribution in [0.15, 0.2) is 0 Å². The van der Waals surface area contributed by atoms with Crippen LogP contribution in [0.4, 0.5) is 0 Å². The molecule has 5 heteroatoms. The minimum absolute atomic E-state index is 0.0666. The van der Waals surface area contributed by atoms with Gasteiger partial charge in [-0.15, -0.1) is 0 Å². The molecule has 0 aromatic heterocycles. The summed E-state index contributed by atoms with van der Waals surface area (Å²) >= 11 is 0. The Labute approximate surface area is 94.3 Å². The first-order valence-electron chi connectivity index (χ1n) is 5.80. The number of ether oxygens (including phenoxy) is 2. The van der Waals surface area contributed by atoms with Gasteiger partial charge < -0.3 is 15.2 Å². The number of hydrogen-bond donors (Lipinski definition) is 1. The monoisotopic (exact) mass is 227 g/mol. The molecule has 0 heterocycles. The van der Waals surface area contributed by atoms with Crippen molar-refractivity contribution in [3.05, 3.63) is 0 Å². The number of esters is 2. The maximum absolute atomic E-state index is 11.3. The fourth-order valence-electron chi connectivity index (χ4n) is 1.26. The summed E-state index contributed by atoms with van der Waals surface area (Å²) in [4.78, 5) is 22.6. The molecule has 0 aliphatic heterocycles. The molecule has 2 fully saturated rings. The zero-order chi connectivity index (χ0) is 11.5. The lowest BCUT2D eigenvalue weighted by Crippen LogP contribution is -2.33. The van der Waals surface area contributed by atoms with Crippen LogP contribution in [0.25, 0.3) is 0 Å². The maximum atomic E-state index is 11.3. The van der Waals surface area contributed by atoms with Gasteiger partial charge in [0.05, 0.1) is 0 Å². The van der Waals surface area contributed by atoms with Crippen molar-refractivity contribution in [2.45, 2.75) is 56.8 Å². The fourth-order valence-corrected chi connectivity index (χ4v) is 1.26. The quantitative estimate of drug-likeness (QED) is 0.669. The van der Waals surface area contributed by atoms with Gasteiger partial charge in [0.1, 0.15) is 18.2 Å². The second-order valence-corrected chi connectivity index (χ2v) is 4.47. The van der Waals surface area contributed by atoms with Crippen LogP contribution in [0.5, 0.6) is 0 Å². The van der Waals surface area contributed by atoms with E-state index in [1.54, 1.807) is 0 Å². The zero-order valence-corrected chi connectivity index (χ0v) is 9.19. The van der Waals surface area contributed by atoms with Gasteiger partial charge >= 0.3 is 11.9 Å². The minimum Gasteiger partial charge on any atom is -0.462 e. The Morgan fingerprint density at radius 2 is 1.69 bits per heavy atom. The summed E-state index contributed by atoms with van der Waals surface area (Å²) in [6.07, 6.45) is 4.46. The first kappa shape index (κ1) is 11.4. The van der Waals surface area contributed by atoms with Crippen LogP contribution >= 0.6 is 0 Å². The molecule has 2 aliphatic carbocycles. The van der Waals surface area contributed by atoms with Crippen molar-refractivity contribution in [1.29, 1.82) is 0 Å². The van der Waals surface area contributed by atoms with Crippen molar-refractivity contribution in [3.63, 3.8) is 0 Å². The van der Waals surface area contributed by atoms with E-state index in [9.17, 15) is 9.59 Å². The van der Waals surface area contributed by atoms with E-state index in [1.807, 2.05) is 0 Å². The number of nitrogens with two attached hydrogens (primary N) is 1. The molecule has 0 aromatic rings. The number of carbonyl (C=O) groups excluding carboxylic acids is 2. The van der Waals surface area contributed by atoms with E-state index in [-0.39, 0.29) is 24.6 Å². The Morgan fingerprint density at radius 3 is 2.25 bits per heavy atom. The van der Waals surface area contributed by atoms with Crippen molar-refractivity contribution in [1.82, 2.24) is 0 Å². The van der Waals surface area contributed by atoms with Crippen LogP contribution in [0.1, 0.15) is 38.5 Å². The lowest BCUT2D eigenvalue weighted by molar-refractivity contribution is -0.148. The van der Waals surface area contributed by atoms with Gasteiger partial charge in [-0.1, -0.05) is 0 Å². The Hall–Kier alpha value is -1.10. The predicted octanol–water partition coefficient (Wildman–Crippen LogP) is 0.505. The molecule has 1 atom stereocenters. The van der Waals surface area contributed by atoms with Crippen LogP contribution in [0, 0.1) is 0 Å². The summed E-state index contributed by atoms with van der Waals surface area (Å²) < 4.78 is 10.1. The van der Waals surface area contributed by atoms with Gasteiger partial charge in [0.2, 0.25) is 0 Å². The number of rotatable bonds is 6. The molecule has 0 amide bonds. The largest absolute Gasteiger partial charge is 0.462 e. The van der Waals surface area contributed by atoms with Gasteiger partial charge in [-0.25, -0.2) is 0 Å². The normalized spacial score (nSPS) is 21.3. The second kappa shape index (κ2) is 4.82. The molecule has 0 aromatic carbocycles. The lowest BCUT2D eigenvalue weighted by Gasteiger charge is -2.10. The van der Waals surface area contributed by atoms with Gasteiger partial charge in [0, 0.05) is 6.42 Å². The Morgan fingerprint density at radius 1 is 1.12 bits per heavy atom. The zero-order valence-electron chi connectivity index (χ0n) is 9.19. The van der Waals surface area contributed by atoms with Gasteiger partial charge in [0.15, 0.2) is 0 Å². The van der Waals surface area contributed by atoms with Gasteiger partial charge in [-0.05, 0) is 32.1 Å². The first-order valence-corrected chi connectivity index (χ1v) is 5.80. The predicted molar refractivity (Wildman–Crippen MR) is 55.4 cm³/mol. The third-order valence-corrected chi connectivity index (χ3v) is 2.59. The standard InChI is InChI=1S/C11H17NO4/c12-9(11(14)16-8-3-4-8)5-6-10(13)15-7-1-2-7/h7-9H,1-6,12H2/t9-/m0/s1. The van der Waals surface area contributed by atoms with Crippen LogP contribution in [0.2, 0.25) is 0 Å². The van der Waals surface area contributed by atoms with Crippen molar-refractivity contribution in [3.8, 4) is 0 Å². The van der Waals surface area contributed by atoms with Crippen LogP contribution in [-0.2, 0) is 19.1 Å². The molecule has 2 N–H and O–H groups in total. The van der Waals surface area contributed by atoms with Crippen LogP contribution < -0.4 is 5.73 Å². The molecule has 2 saturated carbocycles. The van der Waals surface area contributed by atoms with Crippen molar-refractivity contribution in [2.75, 3.05) is 0 Å². The highest BCUT2D eigenvalue weighted by atomic mass is 16.6. The van der Waals surface area contributed by atoms with Crippen LogP contribution in [-0.4, -0.2) is 30.2 Å². The van der Waals surface area contributed by atoms with Crippen molar-refractivity contribution >= 4 is 11.9 Å². The molecule has 2 rings (SSSR count). The van der Waals surface area contributed by atoms with E-state index in [1.165, 1.54) is 0 Å². The molecule has 90 valence electrons. The lowest BCUT2D eigenvalue weighted by atomic mass is 10.2. The molecule has 0 bridgehead atoms. The van der Waals surface area contributed by atoms with Crippen LogP contribution in [0.3, 0.4) is 0 Å². The summed E-state index contributed by atoms with van der Waals surface area (Å²) in [5, 5.41) is 0. The van der Waals surface area contributed by atoms with Gasteiger partial charge in [-0.3, -0.25) is 9.59 Å². The summed E-state index contributed by atoms with van der Waals surface area (Å²) in [7, 11) is 0. The first-order chi connectivity index (χ1) is 7.65. The Bertz CT molecular complexity index is 284. The average molecular weight is 227 g/mol. The molecule has 0 spiro atoms. The van der Waals surface area contributed by atoms with E-state index < -0.39 is 12.0 Å². The Kier molecular flexibility index (Phi) is 3.43. The second-order valence-electron chi connectivity index (χ2n) is 4.47. The van der Waals surface area contributed by atoms with Crippen molar-refractivity contribution in [2.24, 2.45) is 5.73 Å². The molecule has 2 aliphatic rings.